The predicted octanol–water partition coefficient (Wildman–Crippen LogP) is 4.30. The average Bonchev–Trinajstić information content (AvgIpc) is 3.08. The minimum absolute atomic E-state index is 0.110. The Labute approximate surface area is 166 Å². The molecule has 0 unspecified atom stereocenters. The Morgan fingerprint density at radius 3 is 2.59 bits per heavy atom. The zero-order valence-corrected chi connectivity index (χ0v) is 15.4. The standard InChI is InChI=1S/C23H18FN3O2/c24-20-10-4-1-7-16(20)14-27-15-17(18-8-2-5-11-21(18)27)13-25-26-23(29)19-9-3-6-12-22(19)28/h1-13,15,28H,14H2,(H,26,29)/b25-13+. The fraction of sp³-hybridized carbons (Fsp3) is 0.0435. The molecule has 4 rings (SSSR count). The molecule has 1 aromatic heterocycles. The van der Waals surface area contributed by atoms with Crippen LogP contribution in [-0.4, -0.2) is 21.8 Å². The topological polar surface area (TPSA) is 66.6 Å². The van der Waals surface area contributed by atoms with Gasteiger partial charge in [0.1, 0.15) is 11.6 Å². The number of para-hydroxylation sites is 2. The van der Waals surface area contributed by atoms with Crippen LogP contribution in [0.2, 0.25) is 0 Å². The number of phenolic OH excluding ortho intramolecular Hbond substituents is 1. The maximum atomic E-state index is 14.1. The average molecular weight is 387 g/mol. The molecule has 1 heterocycles. The van der Waals surface area contributed by atoms with E-state index < -0.39 is 5.91 Å². The lowest BCUT2D eigenvalue weighted by atomic mass is 10.2. The van der Waals surface area contributed by atoms with Crippen molar-refractivity contribution in [1.29, 1.82) is 0 Å². The maximum absolute atomic E-state index is 14.1. The van der Waals surface area contributed by atoms with Gasteiger partial charge in [0.2, 0.25) is 0 Å². The molecule has 0 spiro atoms. The van der Waals surface area contributed by atoms with Gasteiger partial charge in [0.25, 0.3) is 5.91 Å². The molecular formula is C23H18FN3O2. The number of rotatable bonds is 5. The van der Waals surface area contributed by atoms with Crippen molar-refractivity contribution in [1.82, 2.24) is 9.99 Å². The van der Waals surface area contributed by atoms with Crippen molar-refractivity contribution in [2.45, 2.75) is 6.54 Å². The number of fused-ring (bicyclic) bond motifs is 1. The minimum Gasteiger partial charge on any atom is -0.507 e. The predicted molar refractivity (Wildman–Crippen MR) is 111 cm³/mol. The summed E-state index contributed by atoms with van der Waals surface area (Å²) in [5.74, 6) is -0.869. The molecule has 0 aliphatic carbocycles. The van der Waals surface area contributed by atoms with E-state index in [9.17, 15) is 14.3 Å². The summed E-state index contributed by atoms with van der Waals surface area (Å²) in [6.45, 7) is 0.380. The normalized spacial score (nSPS) is 11.2. The fourth-order valence-electron chi connectivity index (χ4n) is 3.21. The van der Waals surface area contributed by atoms with Gasteiger partial charge in [-0.2, -0.15) is 5.10 Å². The van der Waals surface area contributed by atoms with E-state index >= 15 is 0 Å². The lowest BCUT2D eigenvalue weighted by Gasteiger charge is -2.06. The second-order valence-corrected chi connectivity index (χ2v) is 6.54. The molecule has 0 atom stereocenters. The van der Waals surface area contributed by atoms with Gasteiger partial charge in [-0.15, -0.1) is 0 Å². The van der Waals surface area contributed by atoms with Crippen LogP contribution in [0.3, 0.4) is 0 Å². The Kier molecular flexibility index (Phi) is 5.07. The number of nitrogens with one attached hydrogen (secondary N) is 1. The van der Waals surface area contributed by atoms with Gasteiger partial charge in [-0.3, -0.25) is 4.79 Å². The van der Waals surface area contributed by atoms with E-state index in [1.54, 1.807) is 30.3 Å². The van der Waals surface area contributed by atoms with E-state index in [1.165, 1.54) is 24.4 Å². The largest absolute Gasteiger partial charge is 0.507 e. The third-order valence-electron chi connectivity index (χ3n) is 4.64. The number of aromatic hydroxyl groups is 1. The van der Waals surface area contributed by atoms with E-state index in [-0.39, 0.29) is 17.1 Å². The highest BCUT2D eigenvalue weighted by Crippen LogP contribution is 2.22. The second kappa shape index (κ2) is 7.98. The zero-order valence-electron chi connectivity index (χ0n) is 15.4. The van der Waals surface area contributed by atoms with Crippen LogP contribution in [0, 0.1) is 5.82 Å². The second-order valence-electron chi connectivity index (χ2n) is 6.54. The smallest absolute Gasteiger partial charge is 0.275 e. The van der Waals surface area contributed by atoms with E-state index in [4.69, 9.17) is 0 Å². The number of hydrogen-bond acceptors (Lipinski definition) is 3. The van der Waals surface area contributed by atoms with Crippen LogP contribution in [0.4, 0.5) is 4.39 Å². The van der Waals surface area contributed by atoms with Crippen molar-refractivity contribution >= 4 is 23.0 Å². The summed E-state index contributed by atoms with van der Waals surface area (Å²) in [7, 11) is 0. The quantitative estimate of drug-likeness (QED) is 0.396. The van der Waals surface area contributed by atoms with Crippen molar-refractivity contribution in [3.05, 3.63) is 102 Å². The van der Waals surface area contributed by atoms with Crippen LogP contribution in [-0.2, 0) is 6.54 Å². The molecule has 3 aromatic carbocycles. The molecule has 0 aliphatic heterocycles. The van der Waals surface area contributed by atoms with Gasteiger partial charge in [-0.25, -0.2) is 9.82 Å². The highest BCUT2D eigenvalue weighted by molar-refractivity contribution is 6.01. The number of amides is 1. The number of phenols is 1. The lowest BCUT2D eigenvalue weighted by molar-refractivity contribution is 0.0952. The van der Waals surface area contributed by atoms with Crippen LogP contribution < -0.4 is 5.43 Å². The first-order valence-electron chi connectivity index (χ1n) is 9.06. The van der Waals surface area contributed by atoms with Crippen molar-refractivity contribution in [2.75, 3.05) is 0 Å². The molecule has 29 heavy (non-hydrogen) atoms. The molecule has 1 amide bonds. The first-order valence-corrected chi connectivity index (χ1v) is 9.06. The number of carbonyl (C=O) groups is 1. The number of benzene rings is 3. The number of hydrazone groups is 1. The Bertz CT molecular complexity index is 1210. The number of halogens is 1. The fourth-order valence-corrected chi connectivity index (χ4v) is 3.21. The van der Waals surface area contributed by atoms with Gasteiger partial charge in [0.05, 0.1) is 18.3 Å². The van der Waals surface area contributed by atoms with Crippen LogP contribution in [0.5, 0.6) is 5.75 Å². The van der Waals surface area contributed by atoms with Gasteiger partial charge >= 0.3 is 0 Å². The summed E-state index contributed by atoms with van der Waals surface area (Å²) in [6, 6.07) is 20.6. The van der Waals surface area contributed by atoms with Gasteiger partial charge in [0, 0.05) is 28.2 Å². The summed E-state index contributed by atoms with van der Waals surface area (Å²) < 4.78 is 16.0. The van der Waals surface area contributed by atoms with Gasteiger partial charge in [-0.1, -0.05) is 48.5 Å². The summed E-state index contributed by atoms with van der Waals surface area (Å²) in [5.41, 5.74) is 4.88. The number of aromatic nitrogens is 1. The third kappa shape index (κ3) is 3.87. The molecule has 0 bridgehead atoms. The van der Waals surface area contributed by atoms with Crippen molar-refractivity contribution in [3.63, 3.8) is 0 Å². The van der Waals surface area contributed by atoms with Crippen LogP contribution in [0.25, 0.3) is 10.9 Å². The SMILES string of the molecule is O=C(N/N=C/c1cn(Cc2ccccc2F)c2ccccc12)c1ccccc1O. The van der Waals surface area contributed by atoms with E-state index in [0.717, 1.165) is 16.5 Å². The molecule has 0 saturated heterocycles. The number of carbonyl (C=O) groups excluding carboxylic acids is 1. The summed E-state index contributed by atoms with van der Waals surface area (Å²) >= 11 is 0. The number of nitrogens with zero attached hydrogens (tertiary/aromatic N) is 2. The molecule has 144 valence electrons. The Morgan fingerprint density at radius 1 is 1.03 bits per heavy atom. The molecule has 4 aromatic rings. The molecule has 0 radical (unpaired) electrons. The van der Waals surface area contributed by atoms with E-state index in [1.807, 2.05) is 35.0 Å². The molecular weight excluding hydrogens is 369 g/mol. The van der Waals surface area contributed by atoms with Crippen LogP contribution in [0.15, 0.2) is 84.1 Å². The monoisotopic (exact) mass is 387 g/mol. The zero-order chi connectivity index (χ0) is 20.2. The van der Waals surface area contributed by atoms with Gasteiger partial charge in [0.15, 0.2) is 0 Å². The highest BCUT2D eigenvalue weighted by Gasteiger charge is 2.11. The Hall–Kier alpha value is -3.93. The molecule has 0 saturated carbocycles. The highest BCUT2D eigenvalue weighted by atomic mass is 19.1. The van der Waals surface area contributed by atoms with Crippen LogP contribution in [0.1, 0.15) is 21.5 Å². The van der Waals surface area contributed by atoms with Crippen molar-refractivity contribution < 1.29 is 14.3 Å². The lowest BCUT2D eigenvalue weighted by Crippen LogP contribution is -2.17. The summed E-state index contributed by atoms with van der Waals surface area (Å²) in [6.07, 6.45) is 3.41. The van der Waals surface area contributed by atoms with Crippen molar-refractivity contribution in [3.8, 4) is 5.75 Å². The summed E-state index contributed by atoms with van der Waals surface area (Å²) in [4.78, 5) is 12.2. The molecule has 2 N–H and O–H groups in total. The summed E-state index contributed by atoms with van der Waals surface area (Å²) in [5, 5.41) is 14.7. The van der Waals surface area contributed by atoms with Crippen molar-refractivity contribution in [2.24, 2.45) is 5.10 Å². The van der Waals surface area contributed by atoms with E-state index in [2.05, 4.69) is 10.5 Å². The van der Waals surface area contributed by atoms with Gasteiger partial charge < -0.3 is 9.67 Å². The van der Waals surface area contributed by atoms with Crippen LogP contribution >= 0.6 is 0 Å². The van der Waals surface area contributed by atoms with E-state index in [0.29, 0.717) is 12.1 Å². The maximum Gasteiger partial charge on any atom is 0.275 e. The first kappa shape index (κ1) is 18.4. The Morgan fingerprint density at radius 2 is 1.76 bits per heavy atom. The molecule has 5 nitrogen and oxygen atoms in total. The molecule has 0 aliphatic rings. The minimum atomic E-state index is -0.505. The first-order chi connectivity index (χ1) is 14.1. The third-order valence-corrected chi connectivity index (χ3v) is 4.64. The van der Waals surface area contributed by atoms with Gasteiger partial charge in [-0.05, 0) is 24.3 Å². The number of hydrogen-bond donors (Lipinski definition) is 2. The molecule has 6 heteroatoms. The Balaban J connectivity index is 1.59. The molecule has 0 fully saturated rings.